The van der Waals surface area contributed by atoms with Crippen molar-refractivity contribution in [2.24, 2.45) is 0 Å². The zero-order valence-corrected chi connectivity index (χ0v) is 18.7. The quantitative estimate of drug-likeness (QED) is 0.272. The number of nitrogens with one attached hydrogen (secondary N) is 1. The Morgan fingerprint density at radius 2 is 1.06 bits per heavy atom. The molecule has 1 aromatic heterocycles. The lowest BCUT2D eigenvalue weighted by Gasteiger charge is -2.14. The highest BCUT2D eigenvalue weighted by molar-refractivity contribution is 6.19. The fraction of sp³-hybridized carbons (Fsp3) is 0.0625. The number of benzene rings is 6. The molecule has 7 aromatic rings. The second-order valence-electron chi connectivity index (χ2n) is 9.15. The summed E-state index contributed by atoms with van der Waals surface area (Å²) in [4.78, 5) is 3.74. The predicted octanol–water partition coefficient (Wildman–Crippen LogP) is 9.06. The number of H-pyrrole nitrogens is 1. The maximum atomic E-state index is 3.74. The molecule has 0 spiro atoms. The fourth-order valence-electron chi connectivity index (χ4n) is 5.62. The Morgan fingerprint density at radius 3 is 1.85 bits per heavy atom. The number of hydrogen-bond donors (Lipinski definition) is 1. The second-order valence-corrected chi connectivity index (χ2v) is 9.15. The van der Waals surface area contributed by atoms with Crippen molar-refractivity contribution >= 4 is 54.1 Å². The van der Waals surface area contributed by atoms with Crippen molar-refractivity contribution in [3.8, 4) is 11.1 Å². The van der Waals surface area contributed by atoms with E-state index in [2.05, 4.69) is 116 Å². The van der Waals surface area contributed by atoms with Crippen LogP contribution in [0.25, 0.3) is 65.3 Å². The molecule has 156 valence electrons. The van der Waals surface area contributed by atoms with E-state index < -0.39 is 0 Å². The van der Waals surface area contributed by atoms with Crippen LogP contribution < -0.4 is 0 Å². The molecule has 7 rings (SSSR count). The highest BCUT2D eigenvalue weighted by Gasteiger charge is 2.13. The van der Waals surface area contributed by atoms with E-state index in [0.717, 1.165) is 0 Å². The maximum absolute atomic E-state index is 3.74. The van der Waals surface area contributed by atoms with E-state index in [9.17, 15) is 0 Å². The third-order valence-electron chi connectivity index (χ3n) is 7.39. The van der Waals surface area contributed by atoms with Gasteiger partial charge >= 0.3 is 0 Å². The van der Waals surface area contributed by atoms with Crippen LogP contribution in [0.5, 0.6) is 0 Å². The summed E-state index contributed by atoms with van der Waals surface area (Å²) in [5, 5.41) is 10.3. The Hall–Kier alpha value is -4.10. The van der Waals surface area contributed by atoms with Gasteiger partial charge in [0, 0.05) is 21.7 Å². The molecular weight excluding hydrogens is 398 g/mol. The standard InChI is InChI=1S/C32H23N/c1-19-24-9-5-3-7-21(24)11-14-25(19)26-15-13-23-17-30-28-16-12-22-8-4-6-10-27(22)32(28)33-31(30)18-29(23)20(26)2/h3-18,33H,1-2H3. The summed E-state index contributed by atoms with van der Waals surface area (Å²) in [6.07, 6.45) is 0. The number of rotatable bonds is 1. The lowest BCUT2D eigenvalue weighted by Crippen LogP contribution is -1.90. The molecule has 1 nitrogen and oxygen atoms in total. The molecule has 0 amide bonds. The summed E-state index contributed by atoms with van der Waals surface area (Å²) in [6.45, 7) is 4.50. The molecule has 6 aromatic carbocycles. The number of aromatic amines is 1. The van der Waals surface area contributed by atoms with Gasteiger partial charge in [-0.2, -0.15) is 0 Å². The van der Waals surface area contributed by atoms with E-state index in [0.29, 0.717) is 0 Å². The molecule has 1 heteroatoms. The van der Waals surface area contributed by atoms with Gasteiger partial charge in [-0.3, -0.25) is 0 Å². The molecule has 0 saturated heterocycles. The first-order valence-corrected chi connectivity index (χ1v) is 11.5. The van der Waals surface area contributed by atoms with Crippen LogP contribution in [0.3, 0.4) is 0 Å². The van der Waals surface area contributed by atoms with E-state index in [1.54, 1.807) is 0 Å². The first kappa shape index (κ1) is 18.5. The van der Waals surface area contributed by atoms with E-state index in [4.69, 9.17) is 0 Å². The van der Waals surface area contributed by atoms with Crippen molar-refractivity contribution in [1.29, 1.82) is 0 Å². The van der Waals surface area contributed by atoms with Crippen LogP contribution in [0.2, 0.25) is 0 Å². The Kier molecular flexibility index (Phi) is 3.75. The summed E-state index contributed by atoms with van der Waals surface area (Å²) >= 11 is 0. The SMILES string of the molecule is Cc1c(-c2ccc3cc4c(cc3c2C)[nH]c2c3ccccc3ccc42)ccc2ccccc12. The van der Waals surface area contributed by atoms with Gasteiger partial charge in [-0.1, -0.05) is 84.9 Å². The van der Waals surface area contributed by atoms with Crippen LogP contribution >= 0.6 is 0 Å². The zero-order chi connectivity index (χ0) is 22.1. The molecule has 0 atom stereocenters. The molecule has 33 heavy (non-hydrogen) atoms. The first-order chi connectivity index (χ1) is 16.2. The normalized spacial score (nSPS) is 11.9. The van der Waals surface area contributed by atoms with Crippen molar-refractivity contribution in [3.63, 3.8) is 0 Å². The third kappa shape index (κ3) is 2.60. The van der Waals surface area contributed by atoms with Crippen molar-refractivity contribution in [2.75, 3.05) is 0 Å². The van der Waals surface area contributed by atoms with Crippen LogP contribution in [0.1, 0.15) is 11.1 Å². The fourth-order valence-corrected chi connectivity index (χ4v) is 5.62. The topological polar surface area (TPSA) is 15.8 Å². The Labute approximate surface area is 192 Å². The number of fused-ring (bicyclic) bond motifs is 7. The van der Waals surface area contributed by atoms with Crippen molar-refractivity contribution in [3.05, 3.63) is 108 Å². The second kappa shape index (κ2) is 6.70. The lowest BCUT2D eigenvalue weighted by atomic mass is 9.90. The minimum Gasteiger partial charge on any atom is -0.354 e. The van der Waals surface area contributed by atoms with E-state index in [-0.39, 0.29) is 0 Å². The molecule has 0 fully saturated rings. The summed E-state index contributed by atoms with van der Waals surface area (Å²) in [5.41, 5.74) is 7.72. The molecule has 0 radical (unpaired) electrons. The minimum absolute atomic E-state index is 1.20. The van der Waals surface area contributed by atoms with Crippen LogP contribution in [0.4, 0.5) is 0 Å². The highest BCUT2D eigenvalue weighted by Crippen LogP contribution is 2.38. The Morgan fingerprint density at radius 1 is 0.455 bits per heavy atom. The predicted molar refractivity (Wildman–Crippen MR) is 143 cm³/mol. The van der Waals surface area contributed by atoms with Crippen LogP contribution in [0, 0.1) is 13.8 Å². The molecule has 1 N–H and O–H groups in total. The van der Waals surface area contributed by atoms with Gasteiger partial charge in [-0.05, 0) is 75.2 Å². The molecule has 0 saturated carbocycles. The molecular formula is C32H23N. The van der Waals surface area contributed by atoms with Gasteiger partial charge in [0.1, 0.15) is 0 Å². The highest BCUT2D eigenvalue weighted by atomic mass is 14.7. The summed E-state index contributed by atoms with van der Waals surface area (Å²) in [7, 11) is 0. The average Bonchev–Trinajstić information content (AvgIpc) is 3.22. The van der Waals surface area contributed by atoms with Gasteiger partial charge in [0.2, 0.25) is 0 Å². The van der Waals surface area contributed by atoms with E-state index in [1.165, 1.54) is 76.4 Å². The summed E-state index contributed by atoms with van der Waals surface area (Å²) in [5.74, 6) is 0. The third-order valence-corrected chi connectivity index (χ3v) is 7.39. The van der Waals surface area contributed by atoms with E-state index in [1.807, 2.05) is 0 Å². The Balaban J connectivity index is 1.51. The molecule has 0 aliphatic carbocycles. The van der Waals surface area contributed by atoms with Gasteiger partial charge in [0.25, 0.3) is 0 Å². The zero-order valence-electron chi connectivity index (χ0n) is 18.7. The number of aryl methyl sites for hydroxylation is 2. The van der Waals surface area contributed by atoms with Crippen LogP contribution in [-0.4, -0.2) is 4.98 Å². The van der Waals surface area contributed by atoms with Gasteiger partial charge in [0.05, 0.1) is 5.52 Å². The van der Waals surface area contributed by atoms with Gasteiger partial charge in [-0.25, -0.2) is 0 Å². The van der Waals surface area contributed by atoms with Gasteiger partial charge < -0.3 is 4.98 Å². The van der Waals surface area contributed by atoms with Gasteiger partial charge in [-0.15, -0.1) is 0 Å². The van der Waals surface area contributed by atoms with Crippen molar-refractivity contribution < 1.29 is 0 Å². The first-order valence-electron chi connectivity index (χ1n) is 11.5. The van der Waals surface area contributed by atoms with E-state index >= 15 is 0 Å². The Bertz CT molecular complexity index is 1880. The van der Waals surface area contributed by atoms with Crippen molar-refractivity contribution in [2.45, 2.75) is 13.8 Å². The van der Waals surface area contributed by atoms with Crippen LogP contribution in [0.15, 0.2) is 97.1 Å². The molecule has 0 unspecified atom stereocenters. The average molecular weight is 422 g/mol. The smallest absolute Gasteiger partial charge is 0.0544 e. The van der Waals surface area contributed by atoms with Crippen LogP contribution in [-0.2, 0) is 0 Å². The number of aromatic nitrogens is 1. The summed E-state index contributed by atoms with van der Waals surface area (Å²) in [6, 6.07) is 35.5. The molecule has 0 bridgehead atoms. The minimum atomic E-state index is 1.20. The number of hydrogen-bond acceptors (Lipinski definition) is 0. The molecule has 1 heterocycles. The monoisotopic (exact) mass is 421 g/mol. The lowest BCUT2D eigenvalue weighted by molar-refractivity contribution is 1.46. The molecule has 0 aliphatic heterocycles. The molecule has 0 aliphatic rings. The largest absolute Gasteiger partial charge is 0.354 e. The maximum Gasteiger partial charge on any atom is 0.0544 e. The van der Waals surface area contributed by atoms with Gasteiger partial charge in [0.15, 0.2) is 0 Å². The van der Waals surface area contributed by atoms with Crippen molar-refractivity contribution in [1.82, 2.24) is 4.98 Å². The summed E-state index contributed by atoms with van der Waals surface area (Å²) < 4.78 is 0.